The average molecular weight is 317 g/mol. The first-order valence-corrected chi connectivity index (χ1v) is 7.90. The van der Waals surface area contributed by atoms with Crippen LogP contribution in [-0.2, 0) is 16.1 Å². The van der Waals surface area contributed by atoms with E-state index in [0.717, 1.165) is 30.9 Å². The van der Waals surface area contributed by atoms with Crippen molar-refractivity contribution < 1.29 is 14.7 Å². The van der Waals surface area contributed by atoms with E-state index in [0.29, 0.717) is 13.1 Å². The summed E-state index contributed by atoms with van der Waals surface area (Å²) in [4.78, 5) is 27.2. The molecule has 124 valence electrons. The highest BCUT2D eigenvalue weighted by Crippen LogP contribution is 2.42. The van der Waals surface area contributed by atoms with Crippen LogP contribution >= 0.6 is 0 Å². The Morgan fingerprint density at radius 1 is 1.26 bits per heavy atom. The molecule has 3 rings (SSSR count). The fraction of sp³-hybridized carbons (Fsp3) is 0.529. The molecular formula is C17H23N3O3. The van der Waals surface area contributed by atoms with E-state index in [1.807, 2.05) is 31.3 Å². The number of fused-ring (bicyclic) bond motifs is 1. The summed E-state index contributed by atoms with van der Waals surface area (Å²) in [6.45, 7) is 5.14. The van der Waals surface area contributed by atoms with Gasteiger partial charge in [-0.05, 0) is 24.7 Å². The summed E-state index contributed by atoms with van der Waals surface area (Å²) in [5, 5.41) is 12.5. The van der Waals surface area contributed by atoms with Gasteiger partial charge in [-0.1, -0.05) is 12.1 Å². The molecule has 0 radical (unpaired) electrons. The van der Waals surface area contributed by atoms with E-state index in [4.69, 9.17) is 0 Å². The van der Waals surface area contributed by atoms with Gasteiger partial charge in [0.25, 0.3) is 0 Å². The van der Waals surface area contributed by atoms with Crippen molar-refractivity contribution in [2.24, 2.45) is 11.3 Å². The smallest absolute Gasteiger partial charge is 0.312 e. The number of nitrogens with one attached hydrogen (secondary N) is 1. The number of hydrogen-bond donors (Lipinski definition) is 2. The van der Waals surface area contributed by atoms with Crippen LogP contribution in [-0.4, -0.2) is 60.0 Å². The number of anilines is 1. The fourth-order valence-corrected chi connectivity index (χ4v) is 4.00. The Kier molecular flexibility index (Phi) is 4.12. The molecule has 2 aliphatic rings. The van der Waals surface area contributed by atoms with Crippen LogP contribution in [0.3, 0.4) is 0 Å². The van der Waals surface area contributed by atoms with E-state index in [1.165, 1.54) is 6.92 Å². The quantitative estimate of drug-likeness (QED) is 0.870. The Balaban J connectivity index is 1.66. The van der Waals surface area contributed by atoms with Crippen LogP contribution < -0.4 is 5.32 Å². The number of carboxylic acid groups (broad SMARTS) is 1. The number of amides is 1. The maximum atomic E-state index is 11.8. The van der Waals surface area contributed by atoms with Crippen molar-refractivity contribution in [3.8, 4) is 0 Å². The Morgan fingerprint density at radius 3 is 2.52 bits per heavy atom. The Bertz CT molecular complexity index is 616. The van der Waals surface area contributed by atoms with Crippen molar-refractivity contribution in [3.05, 3.63) is 29.8 Å². The summed E-state index contributed by atoms with van der Waals surface area (Å²) >= 11 is 0. The molecule has 1 aromatic rings. The third-order valence-corrected chi connectivity index (χ3v) is 4.96. The molecule has 0 bridgehead atoms. The number of aliphatic carboxylic acids is 1. The summed E-state index contributed by atoms with van der Waals surface area (Å²) in [6.07, 6.45) is 0. The van der Waals surface area contributed by atoms with Gasteiger partial charge in [-0.25, -0.2) is 0 Å². The van der Waals surface area contributed by atoms with Crippen molar-refractivity contribution in [1.82, 2.24) is 9.80 Å². The van der Waals surface area contributed by atoms with Gasteiger partial charge in [0.2, 0.25) is 5.91 Å². The van der Waals surface area contributed by atoms with Gasteiger partial charge < -0.3 is 15.3 Å². The van der Waals surface area contributed by atoms with Gasteiger partial charge in [-0.15, -0.1) is 0 Å². The monoisotopic (exact) mass is 317 g/mol. The number of carboxylic acids is 1. The number of nitrogens with zero attached hydrogens (tertiary/aromatic N) is 2. The van der Waals surface area contributed by atoms with Crippen molar-refractivity contribution >= 4 is 17.6 Å². The second-order valence-electron chi connectivity index (χ2n) is 6.90. The van der Waals surface area contributed by atoms with Crippen molar-refractivity contribution in [2.45, 2.75) is 13.5 Å². The molecule has 2 unspecified atom stereocenters. The number of hydrogen-bond acceptors (Lipinski definition) is 4. The molecule has 2 atom stereocenters. The molecular weight excluding hydrogens is 294 g/mol. The van der Waals surface area contributed by atoms with Gasteiger partial charge in [0, 0.05) is 51.3 Å². The van der Waals surface area contributed by atoms with Gasteiger partial charge in [-0.3, -0.25) is 14.5 Å². The van der Waals surface area contributed by atoms with Crippen molar-refractivity contribution in [3.63, 3.8) is 0 Å². The second-order valence-corrected chi connectivity index (χ2v) is 6.90. The van der Waals surface area contributed by atoms with Gasteiger partial charge in [0.05, 0.1) is 5.41 Å². The minimum atomic E-state index is -0.671. The highest BCUT2D eigenvalue weighted by Gasteiger charge is 2.56. The molecule has 6 nitrogen and oxygen atoms in total. The molecule has 1 amide bonds. The molecule has 2 saturated heterocycles. The van der Waals surface area contributed by atoms with Crippen molar-refractivity contribution in [1.29, 1.82) is 0 Å². The molecule has 0 aromatic heterocycles. The fourth-order valence-electron chi connectivity index (χ4n) is 4.00. The standard InChI is InChI=1S/C17H23N3O3/c1-12(21)18-15-5-3-13(4-6-15)7-20-9-14-8-19(2)10-17(14,11-20)16(22)23/h3-6,14H,7-11H2,1-2H3,(H,18,21)(H,22,23). The normalized spacial score (nSPS) is 27.8. The molecule has 0 spiro atoms. The lowest BCUT2D eigenvalue weighted by molar-refractivity contribution is -0.148. The predicted molar refractivity (Wildman–Crippen MR) is 87.1 cm³/mol. The average Bonchev–Trinajstić information content (AvgIpc) is 2.93. The van der Waals surface area contributed by atoms with E-state index < -0.39 is 11.4 Å². The number of benzene rings is 1. The van der Waals surface area contributed by atoms with E-state index in [9.17, 15) is 14.7 Å². The number of carbonyl (C=O) groups excluding carboxylic acids is 1. The largest absolute Gasteiger partial charge is 0.481 e. The van der Waals surface area contributed by atoms with Gasteiger partial charge in [0.15, 0.2) is 0 Å². The minimum absolute atomic E-state index is 0.0855. The lowest BCUT2D eigenvalue weighted by Gasteiger charge is -2.24. The first-order valence-electron chi connectivity index (χ1n) is 7.90. The minimum Gasteiger partial charge on any atom is -0.481 e. The Hall–Kier alpha value is -1.92. The first-order chi connectivity index (χ1) is 10.9. The van der Waals surface area contributed by atoms with Gasteiger partial charge in [0.1, 0.15) is 0 Å². The predicted octanol–water partition coefficient (Wildman–Crippen LogP) is 1.09. The highest BCUT2D eigenvalue weighted by atomic mass is 16.4. The molecule has 2 aliphatic heterocycles. The summed E-state index contributed by atoms with van der Waals surface area (Å²) in [6, 6.07) is 7.74. The SMILES string of the molecule is CC(=O)Nc1ccc(CN2CC3CN(C)CC3(C(=O)O)C2)cc1. The van der Waals surface area contributed by atoms with Crippen LogP contribution in [0.15, 0.2) is 24.3 Å². The molecule has 1 aromatic carbocycles. The molecule has 2 fully saturated rings. The topological polar surface area (TPSA) is 72.9 Å². The third kappa shape index (κ3) is 3.09. The van der Waals surface area contributed by atoms with Crippen LogP contribution in [0.25, 0.3) is 0 Å². The zero-order valence-corrected chi connectivity index (χ0v) is 13.6. The number of rotatable bonds is 4. The van der Waals surface area contributed by atoms with Crippen molar-refractivity contribution in [2.75, 3.05) is 38.5 Å². The van der Waals surface area contributed by atoms with E-state index >= 15 is 0 Å². The van der Waals surface area contributed by atoms with E-state index in [2.05, 4.69) is 15.1 Å². The molecule has 0 aliphatic carbocycles. The zero-order valence-electron chi connectivity index (χ0n) is 13.6. The lowest BCUT2D eigenvalue weighted by atomic mass is 9.81. The Morgan fingerprint density at radius 2 is 1.96 bits per heavy atom. The molecule has 0 saturated carbocycles. The van der Waals surface area contributed by atoms with Crippen LogP contribution in [0.2, 0.25) is 0 Å². The first kappa shape index (κ1) is 16.0. The van der Waals surface area contributed by atoms with Crippen LogP contribution in [0.4, 0.5) is 5.69 Å². The molecule has 2 heterocycles. The highest BCUT2D eigenvalue weighted by molar-refractivity contribution is 5.88. The maximum absolute atomic E-state index is 11.8. The summed E-state index contributed by atoms with van der Waals surface area (Å²) in [5.74, 6) is -0.559. The van der Waals surface area contributed by atoms with Gasteiger partial charge >= 0.3 is 5.97 Å². The summed E-state index contributed by atoms with van der Waals surface area (Å²) < 4.78 is 0. The summed E-state index contributed by atoms with van der Waals surface area (Å²) in [7, 11) is 1.99. The van der Waals surface area contributed by atoms with Crippen LogP contribution in [0, 0.1) is 11.3 Å². The molecule has 2 N–H and O–H groups in total. The van der Waals surface area contributed by atoms with E-state index in [1.54, 1.807) is 0 Å². The lowest BCUT2D eigenvalue weighted by Crippen LogP contribution is -2.40. The maximum Gasteiger partial charge on any atom is 0.312 e. The third-order valence-electron chi connectivity index (χ3n) is 4.96. The zero-order chi connectivity index (χ0) is 16.6. The van der Waals surface area contributed by atoms with Gasteiger partial charge in [-0.2, -0.15) is 0 Å². The Labute approximate surface area is 136 Å². The number of likely N-dealkylation sites (tertiary alicyclic amines) is 2. The van der Waals surface area contributed by atoms with Crippen LogP contribution in [0.5, 0.6) is 0 Å². The molecule has 23 heavy (non-hydrogen) atoms. The number of carbonyl (C=O) groups is 2. The van der Waals surface area contributed by atoms with E-state index in [-0.39, 0.29) is 11.8 Å². The second kappa shape index (κ2) is 5.94. The van der Waals surface area contributed by atoms with Crippen LogP contribution in [0.1, 0.15) is 12.5 Å². The summed E-state index contributed by atoms with van der Waals surface area (Å²) in [5.41, 5.74) is 1.29. The molecule has 6 heteroatoms.